The van der Waals surface area contributed by atoms with Gasteiger partial charge in [-0.3, -0.25) is 4.79 Å². The number of ether oxygens (including phenoxy) is 1. The molecule has 0 saturated heterocycles. The molecule has 4 heteroatoms. The number of hydrogen-bond acceptors (Lipinski definition) is 3. The number of carbonyl (C=O) groups is 1. The lowest BCUT2D eigenvalue weighted by molar-refractivity contribution is -0.112. The Morgan fingerprint density at radius 2 is 2.13 bits per heavy atom. The molecule has 2 aliphatic carbocycles. The van der Waals surface area contributed by atoms with Gasteiger partial charge in [0.25, 0.3) is 0 Å². The SMILES string of the molecule is C=C1CCC2C(C(C)CC(O)C2(C)C)C1CC/C(C)=C/C(=O)Nc1cccc(OC)c1. The molecular formula is C27H39NO3. The maximum Gasteiger partial charge on any atom is 0.248 e. The minimum absolute atomic E-state index is 0.0440. The summed E-state index contributed by atoms with van der Waals surface area (Å²) in [5.74, 6) is 2.67. The van der Waals surface area contributed by atoms with E-state index in [1.54, 1.807) is 13.2 Å². The Morgan fingerprint density at radius 1 is 1.39 bits per heavy atom. The van der Waals surface area contributed by atoms with E-state index < -0.39 is 0 Å². The Labute approximate surface area is 187 Å². The van der Waals surface area contributed by atoms with Gasteiger partial charge in [-0.25, -0.2) is 0 Å². The Morgan fingerprint density at radius 3 is 2.84 bits per heavy atom. The zero-order chi connectivity index (χ0) is 22.8. The van der Waals surface area contributed by atoms with Crippen LogP contribution in [-0.2, 0) is 4.79 Å². The minimum atomic E-state index is -0.224. The Hall–Kier alpha value is -2.07. The van der Waals surface area contributed by atoms with E-state index >= 15 is 0 Å². The fourth-order valence-electron chi connectivity index (χ4n) is 5.95. The summed E-state index contributed by atoms with van der Waals surface area (Å²) in [5, 5.41) is 13.6. The van der Waals surface area contributed by atoms with Crippen molar-refractivity contribution in [1.82, 2.24) is 0 Å². The van der Waals surface area contributed by atoms with Gasteiger partial charge in [0, 0.05) is 17.8 Å². The summed E-state index contributed by atoms with van der Waals surface area (Å²) < 4.78 is 5.22. The van der Waals surface area contributed by atoms with E-state index in [1.807, 2.05) is 31.2 Å². The highest BCUT2D eigenvalue weighted by atomic mass is 16.5. The van der Waals surface area contributed by atoms with Crippen LogP contribution in [0.4, 0.5) is 5.69 Å². The predicted molar refractivity (Wildman–Crippen MR) is 127 cm³/mol. The molecule has 0 bridgehead atoms. The number of carbonyl (C=O) groups excluding carboxylic acids is 1. The molecule has 1 amide bonds. The standard InChI is InChI=1S/C27H39NO3/c1-17(14-25(30)28-20-8-7-9-21(16-20)31-6)10-12-22-18(2)11-13-23-26(22)19(3)15-24(29)27(23,4)5/h7-9,14,16,19,22-24,26,29H,2,10-13,15H2,1,3-6H3,(H,28,30)/b17-14+. The van der Waals surface area contributed by atoms with Crippen molar-refractivity contribution in [2.45, 2.75) is 65.9 Å². The molecule has 5 unspecified atom stereocenters. The first-order valence-corrected chi connectivity index (χ1v) is 11.6. The third-order valence-electron chi connectivity index (χ3n) is 7.86. The van der Waals surface area contributed by atoms with Gasteiger partial charge in [0.2, 0.25) is 5.91 Å². The number of rotatable bonds is 6. The minimum Gasteiger partial charge on any atom is -0.497 e. The molecule has 0 aromatic heterocycles. The number of nitrogens with one attached hydrogen (secondary N) is 1. The fourth-order valence-corrected chi connectivity index (χ4v) is 5.95. The van der Waals surface area contributed by atoms with Crippen molar-refractivity contribution in [3.63, 3.8) is 0 Å². The quantitative estimate of drug-likeness (QED) is 0.435. The second kappa shape index (κ2) is 9.60. The molecule has 5 atom stereocenters. The van der Waals surface area contributed by atoms with Gasteiger partial charge >= 0.3 is 0 Å². The van der Waals surface area contributed by atoms with Gasteiger partial charge in [-0.05, 0) is 80.2 Å². The average Bonchev–Trinajstić information content (AvgIpc) is 2.71. The molecular weight excluding hydrogens is 386 g/mol. The highest BCUT2D eigenvalue weighted by molar-refractivity contribution is 5.99. The lowest BCUT2D eigenvalue weighted by atomic mass is 9.50. The van der Waals surface area contributed by atoms with Crippen molar-refractivity contribution in [1.29, 1.82) is 0 Å². The Bertz CT molecular complexity index is 841. The molecule has 31 heavy (non-hydrogen) atoms. The van der Waals surface area contributed by atoms with E-state index in [9.17, 15) is 9.90 Å². The van der Waals surface area contributed by atoms with E-state index in [4.69, 9.17) is 4.74 Å². The molecule has 0 radical (unpaired) electrons. The molecule has 1 aromatic rings. The summed E-state index contributed by atoms with van der Waals surface area (Å²) in [6.07, 6.45) is 6.44. The molecule has 170 valence electrons. The molecule has 0 spiro atoms. The Kier molecular flexibility index (Phi) is 7.31. The monoisotopic (exact) mass is 425 g/mol. The topological polar surface area (TPSA) is 58.6 Å². The molecule has 2 N–H and O–H groups in total. The predicted octanol–water partition coefficient (Wildman–Crippen LogP) is 5.99. The summed E-state index contributed by atoms with van der Waals surface area (Å²) in [6, 6.07) is 7.39. The van der Waals surface area contributed by atoms with Crippen molar-refractivity contribution in [3.8, 4) is 5.75 Å². The van der Waals surface area contributed by atoms with Gasteiger partial charge in [-0.2, -0.15) is 0 Å². The van der Waals surface area contributed by atoms with Gasteiger partial charge < -0.3 is 15.2 Å². The Balaban J connectivity index is 1.64. The molecule has 3 rings (SSSR count). The lowest BCUT2D eigenvalue weighted by Crippen LogP contribution is -2.52. The largest absolute Gasteiger partial charge is 0.497 e. The summed E-state index contributed by atoms with van der Waals surface area (Å²) >= 11 is 0. The van der Waals surface area contributed by atoms with Crippen LogP contribution in [0.25, 0.3) is 0 Å². The van der Waals surface area contributed by atoms with Crippen molar-refractivity contribution in [2.75, 3.05) is 12.4 Å². The van der Waals surface area contributed by atoms with E-state index in [0.29, 0.717) is 23.7 Å². The van der Waals surface area contributed by atoms with Crippen molar-refractivity contribution in [2.24, 2.45) is 29.1 Å². The van der Waals surface area contributed by atoms with Crippen LogP contribution in [0.15, 0.2) is 48.1 Å². The van der Waals surface area contributed by atoms with Gasteiger partial charge in [0.05, 0.1) is 13.2 Å². The third kappa shape index (κ3) is 5.23. The first kappa shape index (κ1) is 23.6. The van der Waals surface area contributed by atoms with Crippen LogP contribution in [0.2, 0.25) is 0 Å². The zero-order valence-electron chi connectivity index (χ0n) is 19.8. The summed E-state index contributed by atoms with van der Waals surface area (Å²) in [6.45, 7) is 13.2. The number of hydrogen-bond donors (Lipinski definition) is 2. The summed E-state index contributed by atoms with van der Waals surface area (Å²) in [4.78, 5) is 12.5. The number of allylic oxidation sites excluding steroid dienone is 2. The maximum atomic E-state index is 12.5. The van der Waals surface area contributed by atoms with Crippen LogP contribution < -0.4 is 10.1 Å². The number of aliphatic hydroxyl groups is 1. The van der Waals surface area contributed by atoms with Gasteiger partial charge in [0.15, 0.2) is 0 Å². The fraction of sp³-hybridized carbons (Fsp3) is 0.593. The van der Waals surface area contributed by atoms with Crippen molar-refractivity contribution in [3.05, 3.63) is 48.1 Å². The molecule has 2 saturated carbocycles. The average molecular weight is 426 g/mol. The molecule has 0 aliphatic heterocycles. The summed E-state index contributed by atoms with van der Waals surface area (Å²) in [5.41, 5.74) is 3.12. The van der Waals surface area contributed by atoms with E-state index in [-0.39, 0.29) is 17.4 Å². The molecule has 0 heterocycles. The van der Waals surface area contributed by atoms with Crippen molar-refractivity contribution >= 4 is 11.6 Å². The normalized spacial score (nSPS) is 30.5. The smallest absolute Gasteiger partial charge is 0.248 e. The van der Waals surface area contributed by atoms with Crippen LogP contribution in [0.1, 0.15) is 59.8 Å². The van der Waals surface area contributed by atoms with Gasteiger partial charge in [0.1, 0.15) is 5.75 Å². The maximum absolute atomic E-state index is 12.5. The third-order valence-corrected chi connectivity index (χ3v) is 7.86. The van der Waals surface area contributed by atoms with Gasteiger partial charge in [-0.1, -0.05) is 44.6 Å². The number of amides is 1. The molecule has 2 aliphatic rings. The van der Waals surface area contributed by atoms with Crippen LogP contribution >= 0.6 is 0 Å². The van der Waals surface area contributed by atoms with Gasteiger partial charge in [-0.15, -0.1) is 0 Å². The van der Waals surface area contributed by atoms with E-state index in [2.05, 4.69) is 32.7 Å². The second-order valence-corrected chi connectivity index (χ2v) is 10.3. The number of fused-ring (bicyclic) bond motifs is 1. The number of anilines is 1. The number of benzene rings is 1. The second-order valence-electron chi connectivity index (χ2n) is 10.3. The van der Waals surface area contributed by atoms with Crippen molar-refractivity contribution < 1.29 is 14.6 Å². The zero-order valence-corrected chi connectivity index (χ0v) is 19.8. The van der Waals surface area contributed by atoms with Crippen LogP contribution in [0.5, 0.6) is 5.75 Å². The molecule has 1 aromatic carbocycles. The first-order chi connectivity index (χ1) is 14.6. The van der Waals surface area contributed by atoms with E-state index in [0.717, 1.165) is 49.1 Å². The molecule has 2 fully saturated rings. The molecule has 4 nitrogen and oxygen atoms in total. The van der Waals surface area contributed by atoms with Crippen LogP contribution in [0.3, 0.4) is 0 Å². The number of aliphatic hydroxyl groups excluding tert-OH is 1. The lowest BCUT2D eigenvalue weighted by Gasteiger charge is -2.55. The van der Waals surface area contributed by atoms with E-state index in [1.165, 1.54) is 5.57 Å². The first-order valence-electron chi connectivity index (χ1n) is 11.6. The summed E-state index contributed by atoms with van der Waals surface area (Å²) in [7, 11) is 1.61. The highest BCUT2D eigenvalue weighted by Crippen LogP contribution is 2.56. The highest BCUT2D eigenvalue weighted by Gasteiger charge is 2.51. The van der Waals surface area contributed by atoms with Crippen LogP contribution in [-0.4, -0.2) is 24.2 Å². The number of methoxy groups -OCH3 is 1. The van der Waals surface area contributed by atoms with Crippen LogP contribution in [0, 0.1) is 29.1 Å².